The Hall–Kier alpha value is -1.64. The zero-order chi connectivity index (χ0) is 17.3. The molecule has 0 fully saturated rings. The van der Waals surface area contributed by atoms with Gasteiger partial charge >= 0.3 is 6.18 Å². The minimum Gasteiger partial charge on any atom is -0.325 e. The van der Waals surface area contributed by atoms with Gasteiger partial charge in [-0.15, -0.1) is 0 Å². The van der Waals surface area contributed by atoms with Crippen molar-refractivity contribution < 1.29 is 30.8 Å². The van der Waals surface area contributed by atoms with E-state index in [-0.39, 0.29) is 5.69 Å². The molecular weight excluding hydrogens is 326 g/mol. The summed E-state index contributed by atoms with van der Waals surface area (Å²) < 4.78 is 74.5. The molecule has 0 aliphatic heterocycles. The molecule has 1 rings (SSSR count). The van der Waals surface area contributed by atoms with Crippen molar-refractivity contribution in [2.45, 2.75) is 37.4 Å². The van der Waals surface area contributed by atoms with E-state index < -0.39 is 43.8 Å². The highest BCUT2D eigenvalue weighted by Crippen LogP contribution is 2.33. The summed E-state index contributed by atoms with van der Waals surface area (Å²) in [6.45, 7) is 3.91. The van der Waals surface area contributed by atoms with Crippen molar-refractivity contribution in [3.05, 3.63) is 29.6 Å². The van der Waals surface area contributed by atoms with Crippen molar-refractivity contribution in [3.63, 3.8) is 0 Å². The van der Waals surface area contributed by atoms with Crippen molar-refractivity contribution in [3.8, 4) is 0 Å². The summed E-state index contributed by atoms with van der Waals surface area (Å²) in [5.74, 6) is -2.46. The van der Waals surface area contributed by atoms with E-state index in [0.29, 0.717) is 12.1 Å². The third-order valence-electron chi connectivity index (χ3n) is 3.06. The largest absolute Gasteiger partial charge is 0.419 e. The van der Waals surface area contributed by atoms with Gasteiger partial charge in [0.05, 0.1) is 10.8 Å². The van der Waals surface area contributed by atoms with Crippen LogP contribution < -0.4 is 5.32 Å². The molecule has 0 heterocycles. The Balaban J connectivity index is 3.04. The lowest BCUT2D eigenvalue weighted by atomic mass is 10.1. The Kier molecular flexibility index (Phi) is 5.21. The van der Waals surface area contributed by atoms with Crippen LogP contribution in [0.1, 0.15) is 26.3 Å². The molecule has 1 amide bonds. The third kappa shape index (κ3) is 3.96. The monoisotopic (exact) mass is 341 g/mol. The number of amides is 1. The van der Waals surface area contributed by atoms with Gasteiger partial charge in [0.2, 0.25) is 5.91 Å². The summed E-state index contributed by atoms with van der Waals surface area (Å²) >= 11 is 0. The van der Waals surface area contributed by atoms with E-state index in [1.54, 1.807) is 0 Å². The van der Waals surface area contributed by atoms with E-state index in [0.717, 1.165) is 13.0 Å². The molecule has 0 bridgehead atoms. The van der Waals surface area contributed by atoms with E-state index in [1.807, 2.05) is 0 Å². The van der Waals surface area contributed by atoms with E-state index in [9.17, 15) is 30.8 Å². The lowest BCUT2D eigenvalue weighted by Gasteiger charge is -2.16. The maximum absolute atomic E-state index is 13.1. The minimum atomic E-state index is -4.92. The van der Waals surface area contributed by atoms with Gasteiger partial charge in [-0.2, -0.15) is 13.2 Å². The topological polar surface area (TPSA) is 63.2 Å². The fourth-order valence-corrected chi connectivity index (χ4v) is 2.80. The van der Waals surface area contributed by atoms with Crippen LogP contribution in [0.2, 0.25) is 0 Å². The molecule has 1 aromatic carbocycles. The SMILES string of the molecule is CC(C)S(=O)(=O)C(C)C(=O)Nc1ccc(F)c(C(F)(F)F)c1. The smallest absolute Gasteiger partial charge is 0.325 e. The predicted octanol–water partition coefficient (Wildman–Crippen LogP) is 2.99. The number of hydrogen-bond acceptors (Lipinski definition) is 3. The molecule has 0 saturated heterocycles. The molecule has 1 atom stereocenters. The maximum Gasteiger partial charge on any atom is 0.419 e. The van der Waals surface area contributed by atoms with E-state index in [2.05, 4.69) is 5.32 Å². The van der Waals surface area contributed by atoms with E-state index in [4.69, 9.17) is 0 Å². The second kappa shape index (κ2) is 6.23. The average molecular weight is 341 g/mol. The summed E-state index contributed by atoms with van der Waals surface area (Å²) in [7, 11) is -3.75. The Morgan fingerprint density at radius 1 is 1.18 bits per heavy atom. The van der Waals surface area contributed by atoms with Gasteiger partial charge in [0, 0.05) is 5.69 Å². The highest BCUT2D eigenvalue weighted by atomic mass is 32.2. The number of sulfone groups is 1. The van der Waals surface area contributed by atoms with Gasteiger partial charge < -0.3 is 5.32 Å². The first-order valence-corrected chi connectivity index (χ1v) is 7.88. The highest BCUT2D eigenvalue weighted by Gasteiger charge is 2.35. The molecule has 4 nitrogen and oxygen atoms in total. The quantitative estimate of drug-likeness (QED) is 0.857. The molecule has 0 spiro atoms. The number of benzene rings is 1. The van der Waals surface area contributed by atoms with E-state index >= 15 is 0 Å². The fourth-order valence-electron chi connectivity index (χ4n) is 1.62. The van der Waals surface area contributed by atoms with Crippen LogP contribution >= 0.6 is 0 Å². The number of anilines is 1. The fraction of sp³-hybridized carbons (Fsp3) is 0.462. The number of hydrogen-bond donors (Lipinski definition) is 1. The van der Waals surface area contributed by atoms with Crippen molar-refractivity contribution in [2.75, 3.05) is 5.32 Å². The number of carbonyl (C=O) groups is 1. The van der Waals surface area contributed by atoms with Gasteiger partial charge in [0.25, 0.3) is 0 Å². The lowest BCUT2D eigenvalue weighted by Crippen LogP contribution is -2.36. The van der Waals surface area contributed by atoms with Gasteiger partial charge in [-0.3, -0.25) is 4.79 Å². The minimum absolute atomic E-state index is 0.329. The molecule has 0 saturated carbocycles. The highest BCUT2D eigenvalue weighted by molar-refractivity contribution is 7.93. The molecular formula is C13H15F4NO3S. The first-order valence-electron chi connectivity index (χ1n) is 6.27. The van der Waals surface area contributed by atoms with Gasteiger partial charge in [-0.05, 0) is 39.0 Å². The van der Waals surface area contributed by atoms with Gasteiger partial charge in [0.1, 0.15) is 11.1 Å². The second-order valence-electron chi connectivity index (χ2n) is 4.96. The van der Waals surface area contributed by atoms with Crippen LogP contribution in [0.15, 0.2) is 18.2 Å². The summed E-state index contributed by atoms with van der Waals surface area (Å²) in [6, 6.07) is 1.90. The normalized spacial score (nSPS) is 14.0. The maximum atomic E-state index is 13.1. The van der Waals surface area contributed by atoms with Crippen LogP contribution in [0.25, 0.3) is 0 Å². The average Bonchev–Trinajstić information content (AvgIpc) is 2.38. The van der Waals surface area contributed by atoms with Crippen molar-refractivity contribution >= 4 is 21.4 Å². The molecule has 1 unspecified atom stereocenters. The Morgan fingerprint density at radius 3 is 2.18 bits per heavy atom. The number of nitrogens with one attached hydrogen (secondary N) is 1. The van der Waals surface area contributed by atoms with Crippen LogP contribution in [0, 0.1) is 5.82 Å². The Labute approximate surface area is 125 Å². The molecule has 9 heteroatoms. The van der Waals surface area contributed by atoms with Crippen molar-refractivity contribution in [1.29, 1.82) is 0 Å². The predicted molar refractivity (Wildman–Crippen MR) is 73.5 cm³/mol. The summed E-state index contributed by atoms with van der Waals surface area (Å²) in [6.07, 6.45) is -4.92. The molecule has 1 N–H and O–H groups in total. The third-order valence-corrected chi connectivity index (χ3v) is 5.57. The van der Waals surface area contributed by atoms with E-state index in [1.165, 1.54) is 13.8 Å². The van der Waals surface area contributed by atoms with Crippen LogP contribution in [-0.4, -0.2) is 24.8 Å². The molecule has 0 aromatic heterocycles. The van der Waals surface area contributed by atoms with Gasteiger partial charge in [-0.25, -0.2) is 12.8 Å². The van der Waals surface area contributed by atoms with Crippen LogP contribution in [0.3, 0.4) is 0 Å². The zero-order valence-electron chi connectivity index (χ0n) is 12.0. The van der Waals surface area contributed by atoms with Crippen LogP contribution in [0.4, 0.5) is 23.2 Å². The standard InChI is InChI=1S/C13H15F4NO3S/c1-7(2)22(20,21)8(3)12(19)18-9-4-5-11(14)10(6-9)13(15,16)17/h4-8H,1-3H3,(H,18,19). The second-order valence-corrected chi connectivity index (χ2v) is 7.79. The first kappa shape index (κ1) is 18.4. The lowest BCUT2D eigenvalue weighted by molar-refractivity contribution is -0.140. The zero-order valence-corrected chi connectivity index (χ0v) is 12.8. The summed E-state index contributed by atoms with van der Waals surface area (Å²) in [5, 5.41) is -0.193. The molecule has 124 valence electrons. The molecule has 1 aromatic rings. The number of rotatable bonds is 4. The molecule has 0 aliphatic rings. The Morgan fingerprint density at radius 2 is 1.73 bits per heavy atom. The van der Waals surface area contributed by atoms with Gasteiger partial charge in [-0.1, -0.05) is 0 Å². The summed E-state index contributed by atoms with van der Waals surface area (Å²) in [4.78, 5) is 11.8. The molecule has 0 radical (unpaired) electrons. The number of carbonyl (C=O) groups excluding carboxylic acids is 1. The van der Waals surface area contributed by atoms with Gasteiger partial charge in [0.15, 0.2) is 9.84 Å². The van der Waals surface area contributed by atoms with Crippen molar-refractivity contribution in [2.24, 2.45) is 0 Å². The Bertz CT molecular complexity index is 668. The molecule has 0 aliphatic carbocycles. The summed E-state index contributed by atoms with van der Waals surface area (Å²) in [5.41, 5.74) is -1.87. The van der Waals surface area contributed by atoms with Crippen LogP contribution in [-0.2, 0) is 20.8 Å². The van der Waals surface area contributed by atoms with Crippen molar-refractivity contribution in [1.82, 2.24) is 0 Å². The van der Waals surface area contributed by atoms with Crippen LogP contribution in [0.5, 0.6) is 0 Å². The molecule has 22 heavy (non-hydrogen) atoms. The number of halogens is 4. The first-order chi connectivity index (χ1) is 9.87. The number of alkyl halides is 3.